The molecule has 0 saturated heterocycles. The molecule has 0 fully saturated rings. The molecule has 0 saturated carbocycles. The van der Waals surface area contributed by atoms with E-state index in [1.165, 1.54) is 6.07 Å². The van der Waals surface area contributed by atoms with Gasteiger partial charge >= 0.3 is 0 Å². The van der Waals surface area contributed by atoms with Crippen molar-refractivity contribution in [3.05, 3.63) is 17.8 Å². The quantitative estimate of drug-likeness (QED) is 0.682. The molecule has 14 heavy (non-hydrogen) atoms. The van der Waals surface area contributed by atoms with Crippen LogP contribution in [0, 0.1) is 0 Å². The minimum atomic E-state index is 0. The lowest BCUT2D eigenvalue weighted by molar-refractivity contribution is 0.225. The normalized spacial score (nSPS) is 19.9. The van der Waals surface area contributed by atoms with Gasteiger partial charge in [-0.15, -0.1) is 12.4 Å². The lowest BCUT2D eigenvalue weighted by atomic mass is 10.3. The molecule has 1 aromatic heterocycles. The van der Waals surface area contributed by atoms with Crippen molar-refractivity contribution in [2.75, 3.05) is 6.54 Å². The summed E-state index contributed by atoms with van der Waals surface area (Å²) in [6.45, 7) is 3.44. The average Bonchev–Trinajstić information content (AvgIpc) is 2.25. The van der Waals surface area contributed by atoms with Crippen molar-refractivity contribution in [3.63, 3.8) is 0 Å². The van der Waals surface area contributed by atoms with Gasteiger partial charge in [-0.3, -0.25) is 0 Å². The Morgan fingerprint density at radius 2 is 2.36 bits per heavy atom. The van der Waals surface area contributed by atoms with Crippen molar-refractivity contribution >= 4 is 12.4 Å². The van der Waals surface area contributed by atoms with E-state index in [0.29, 0.717) is 6.54 Å². The lowest BCUT2D eigenvalue weighted by Crippen LogP contribution is -2.25. The van der Waals surface area contributed by atoms with Gasteiger partial charge in [0.05, 0.1) is 0 Å². The number of aromatic nitrogens is 1. The fraction of sp³-hybridized carbons (Fsp3) is 0.444. The predicted octanol–water partition coefficient (Wildman–Crippen LogP) is 1.08. The fourth-order valence-corrected chi connectivity index (χ4v) is 1.36. The zero-order valence-electron chi connectivity index (χ0n) is 7.86. The van der Waals surface area contributed by atoms with Gasteiger partial charge in [0.2, 0.25) is 5.88 Å². The van der Waals surface area contributed by atoms with Crippen LogP contribution in [0.4, 0.5) is 0 Å². The highest BCUT2D eigenvalue weighted by atomic mass is 35.5. The van der Waals surface area contributed by atoms with Gasteiger partial charge in [-0.1, -0.05) is 0 Å². The van der Waals surface area contributed by atoms with Crippen molar-refractivity contribution in [2.24, 2.45) is 0 Å². The number of fused-ring (bicyclic) bond motifs is 1. The molecule has 5 heteroatoms. The van der Waals surface area contributed by atoms with E-state index in [2.05, 4.69) is 10.3 Å². The third-order valence-electron chi connectivity index (χ3n) is 1.97. The predicted molar refractivity (Wildman–Crippen MR) is 54.9 cm³/mol. The molecule has 0 unspecified atom stereocenters. The van der Waals surface area contributed by atoms with Crippen molar-refractivity contribution < 1.29 is 9.84 Å². The molecule has 2 N–H and O–H groups in total. The summed E-state index contributed by atoms with van der Waals surface area (Å²) in [4.78, 5) is 3.98. The Labute approximate surface area is 88.7 Å². The molecular weight excluding hydrogens is 204 g/mol. The third-order valence-corrected chi connectivity index (χ3v) is 1.97. The summed E-state index contributed by atoms with van der Waals surface area (Å²) in [5, 5.41) is 12.3. The number of pyridine rings is 1. The van der Waals surface area contributed by atoms with Crippen LogP contribution < -0.4 is 10.1 Å². The Hall–Kier alpha value is -1.000. The van der Waals surface area contributed by atoms with Gasteiger partial charge in [-0.25, -0.2) is 4.98 Å². The summed E-state index contributed by atoms with van der Waals surface area (Å²) in [6.07, 6.45) is 0.146. The van der Waals surface area contributed by atoms with Crippen LogP contribution in [0.2, 0.25) is 0 Å². The number of hydrogen-bond acceptors (Lipinski definition) is 4. The standard InChI is InChI=1S/C9H12N2O2.ClH/c1-6-4-10-5-7-8(13-6)2-3-9(12)11-7;/h2-3,6,10H,4-5H2,1H3,(H,11,12);1H/t6-;/m1./s1. The largest absolute Gasteiger partial charge is 0.493 e. The molecule has 0 spiro atoms. The fourth-order valence-electron chi connectivity index (χ4n) is 1.36. The first kappa shape index (κ1) is 11.1. The Morgan fingerprint density at radius 1 is 1.57 bits per heavy atom. The molecular formula is C9H13ClN2O2. The molecule has 1 aliphatic heterocycles. The zero-order valence-corrected chi connectivity index (χ0v) is 8.67. The Morgan fingerprint density at radius 3 is 3.14 bits per heavy atom. The second-order valence-electron chi connectivity index (χ2n) is 3.17. The summed E-state index contributed by atoms with van der Waals surface area (Å²) in [6, 6.07) is 3.29. The van der Waals surface area contributed by atoms with Crippen molar-refractivity contribution in [2.45, 2.75) is 19.6 Å². The van der Waals surface area contributed by atoms with E-state index in [1.54, 1.807) is 6.07 Å². The van der Waals surface area contributed by atoms with Crippen LogP contribution in [0.25, 0.3) is 0 Å². The molecule has 78 valence electrons. The summed E-state index contributed by atoms with van der Waals surface area (Å²) < 4.78 is 5.58. The third kappa shape index (κ3) is 2.27. The maximum Gasteiger partial charge on any atom is 0.211 e. The number of aromatic hydroxyl groups is 1. The topological polar surface area (TPSA) is 54.4 Å². The number of ether oxygens (including phenoxy) is 1. The first-order valence-electron chi connectivity index (χ1n) is 4.32. The van der Waals surface area contributed by atoms with Gasteiger partial charge in [0.15, 0.2) is 0 Å². The molecule has 1 atom stereocenters. The van der Waals surface area contributed by atoms with E-state index >= 15 is 0 Å². The minimum absolute atomic E-state index is 0. The van der Waals surface area contributed by atoms with E-state index in [0.717, 1.165) is 18.0 Å². The van der Waals surface area contributed by atoms with Gasteiger partial charge in [-0.05, 0) is 13.0 Å². The summed E-state index contributed by atoms with van der Waals surface area (Å²) in [7, 11) is 0. The van der Waals surface area contributed by atoms with Crippen molar-refractivity contribution in [1.82, 2.24) is 10.3 Å². The second kappa shape index (κ2) is 4.48. The molecule has 0 aromatic carbocycles. The Kier molecular flexibility index (Phi) is 3.55. The molecule has 0 aliphatic carbocycles. The monoisotopic (exact) mass is 216 g/mol. The van der Waals surface area contributed by atoms with Gasteiger partial charge < -0.3 is 15.2 Å². The summed E-state index contributed by atoms with van der Waals surface area (Å²) >= 11 is 0. The van der Waals surface area contributed by atoms with E-state index < -0.39 is 0 Å². The van der Waals surface area contributed by atoms with Crippen LogP contribution >= 0.6 is 12.4 Å². The van der Waals surface area contributed by atoms with E-state index in [-0.39, 0.29) is 24.4 Å². The smallest absolute Gasteiger partial charge is 0.211 e. The summed E-state index contributed by atoms with van der Waals surface area (Å²) in [5.74, 6) is 0.800. The van der Waals surface area contributed by atoms with Gasteiger partial charge in [0.1, 0.15) is 17.5 Å². The maximum absolute atomic E-state index is 9.15. The number of nitrogens with zero attached hydrogens (tertiary/aromatic N) is 1. The lowest BCUT2D eigenvalue weighted by Gasteiger charge is -2.10. The van der Waals surface area contributed by atoms with Crippen LogP contribution in [-0.4, -0.2) is 22.7 Å². The molecule has 0 radical (unpaired) electrons. The zero-order chi connectivity index (χ0) is 9.26. The first-order valence-corrected chi connectivity index (χ1v) is 4.32. The first-order chi connectivity index (χ1) is 6.25. The summed E-state index contributed by atoms with van der Waals surface area (Å²) in [5.41, 5.74) is 0.768. The van der Waals surface area contributed by atoms with Gasteiger partial charge in [0, 0.05) is 19.2 Å². The molecule has 2 heterocycles. The van der Waals surface area contributed by atoms with Crippen molar-refractivity contribution in [3.8, 4) is 11.6 Å². The van der Waals surface area contributed by atoms with Crippen LogP contribution in [0.3, 0.4) is 0 Å². The van der Waals surface area contributed by atoms with Crippen LogP contribution in [-0.2, 0) is 6.54 Å². The van der Waals surface area contributed by atoms with E-state index in [1.807, 2.05) is 6.92 Å². The van der Waals surface area contributed by atoms with Crippen LogP contribution in [0.1, 0.15) is 12.6 Å². The van der Waals surface area contributed by atoms with Crippen LogP contribution in [0.5, 0.6) is 11.6 Å². The highest BCUT2D eigenvalue weighted by Crippen LogP contribution is 2.22. The number of nitrogens with one attached hydrogen (secondary N) is 1. The highest BCUT2D eigenvalue weighted by molar-refractivity contribution is 5.85. The number of hydrogen-bond donors (Lipinski definition) is 2. The molecule has 2 rings (SSSR count). The number of halogens is 1. The SMILES string of the molecule is C[C@@H]1CNCc2nc(O)ccc2O1.Cl. The van der Waals surface area contributed by atoms with Crippen molar-refractivity contribution in [1.29, 1.82) is 0 Å². The molecule has 0 amide bonds. The van der Waals surface area contributed by atoms with E-state index in [9.17, 15) is 0 Å². The van der Waals surface area contributed by atoms with E-state index in [4.69, 9.17) is 9.84 Å². The van der Waals surface area contributed by atoms with Gasteiger partial charge in [-0.2, -0.15) is 0 Å². The Balaban J connectivity index is 0.000000980. The molecule has 0 bridgehead atoms. The maximum atomic E-state index is 9.15. The highest BCUT2D eigenvalue weighted by Gasteiger charge is 2.14. The van der Waals surface area contributed by atoms with Gasteiger partial charge in [0.25, 0.3) is 0 Å². The van der Waals surface area contributed by atoms with Crippen LogP contribution in [0.15, 0.2) is 12.1 Å². The Bertz CT molecular complexity index is 320. The molecule has 4 nitrogen and oxygen atoms in total. The number of rotatable bonds is 0. The minimum Gasteiger partial charge on any atom is -0.493 e. The second-order valence-corrected chi connectivity index (χ2v) is 3.17. The molecule has 1 aromatic rings. The average molecular weight is 217 g/mol. The molecule has 1 aliphatic rings.